The van der Waals surface area contributed by atoms with E-state index >= 15 is 0 Å². The first-order valence-electron chi connectivity index (χ1n) is 8.30. The van der Waals surface area contributed by atoms with Gasteiger partial charge in [-0.2, -0.15) is 0 Å². The average molecular weight is 358 g/mol. The first-order chi connectivity index (χ1) is 12.5. The molecule has 1 aliphatic rings. The van der Waals surface area contributed by atoms with E-state index in [9.17, 15) is 9.90 Å². The van der Waals surface area contributed by atoms with Gasteiger partial charge in [0.25, 0.3) is 0 Å². The van der Waals surface area contributed by atoms with E-state index in [1.807, 2.05) is 31.2 Å². The molecule has 7 heteroatoms. The summed E-state index contributed by atoms with van der Waals surface area (Å²) in [6.07, 6.45) is -0.825. The maximum absolute atomic E-state index is 12.2. The van der Waals surface area contributed by atoms with Gasteiger partial charge in [0.15, 0.2) is 11.5 Å². The molecule has 0 radical (unpaired) electrons. The van der Waals surface area contributed by atoms with Crippen molar-refractivity contribution in [3.05, 3.63) is 48.0 Å². The van der Waals surface area contributed by atoms with E-state index in [1.54, 1.807) is 25.2 Å². The number of hydrogen-bond donors (Lipinski definition) is 2. The number of ether oxygens (including phenoxy) is 3. The number of urea groups is 1. The zero-order chi connectivity index (χ0) is 18.5. The van der Waals surface area contributed by atoms with Crippen LogP contribution in [0.3, 0.4) is 0 Å². The number of aliphatic hydroxyl groups is 1. The Bertz CT molecular complexity index is 763. The van der Waals surface area contributed by atoms with Gasteiger partial charge in [0, 0.05) is 18.8 Å². The Balaban J connectivity index is 1.45. The van der Waals surface area contributed by atoms with Crippen LogP contribution in [0.1, 0.15) is 5.56 Å². The number of anilines is 1. The molecular weight excluding hydrogens is 336 g/mol. The van der Waals surface area contributed by atoms with Crippen LogP contribution in [-0.4, -0.2) is 49.1 Å². The minimum Gasteiger partial charge on any atom is -0.491 e. The van der Waals surface area contributed by atoms with Crippen LogP contribution < -0.4 is 19.5 Å². The van der Waals surface area contributed by atoms with E-state index in [-0.39, 0.29) is 26.0 Å². The van der Waals surface area contributed by atoms with E-state index in [0.29, 0.717) is 22.9 Å². The number of aliphatic hydroxyl groups excluding tert-OH is 1. The highest BCUT2D eigenvalue weighted by atomic mass is 16.7. The molecule has 2 aromatic carbocycles. The highest BCUT2D eigenvalue weighted by Crippen LogP contribution is 2.35. The van der Waals surface area contributed by atoms with Gasteiger partial charge in [-0.05, 0) is 31.2 Å². The fraction of sp³-hybridized carbons (Fsp3) is 0.316. The molecule has 0 aromatic heterocycles. The van der Waals surface area contributed by atoms with Crippen LogP contribution in [0, 0.1) is 6.92 Å². The lowest BCUT2D eigenvalue weighted by molar-refractivity contribution is 0.0849. The van der Waals surface area contributed by atoms with Gasteiger partial charge < -0.3 is 29.5 Å². The van der Waals surface area contributed by atoms with Gasteiger partial charge in [0.2, 0.25) is 6.79 Å². The van der Waals surface area contributed by atoms with E-state index in [1.165, 1.54) is 4.90 Å². The van der Waals surface area contributed by atoms with Gasteiger partial charge in [-0.25, -0.2) is 4.79 Å². The average Bonchev–Trinajstić information content (AvgIpc) is 3.09. The Morgan fingerprint density at radius 1 is 1.23 bits per heavy atom. The molecule has 1 atom stereocenters. The van der Waals surface area contributed by atoms with Gasteiger partial charge in [-0.3, -0.25) is 0 Å². The summed E-state index contributed by atoms with van der Waals surface area (Å²) in [5.74, 6) is 1.86. The number of amides is 2. The van der Waals surface area contributed by atoms with Gasteiger partial charge in [0.05, 0.1) is 6.54 Å². The molecule has 0 unspecified atom stereocenters. The van der Waals surface area contributed by atoms with Crippen LogP contribution >= 0.6 is 0 Å². The third-order valence-corrected chi connectivity index (χ3v) is 3.92. The molecule has 0 spiro atoms. The highest BCUT2D eigenvalue weighted by Gasteiger charge is 2.16. The van der Waals surface area contributed by atoms with Crippen molar-refractivity contribution in [3.8, 4) is 17.2 Å². The van der Waals surface area contributed by atoms with Crippen molar-refractivity contribution in [3.63, 3.8) is 0 Å². The van der Waals surface area contributed by atoms with Crippen molar-refractivity contribution in [2.45, 2.75) is 13.0 Å². The Labute approximate surface area is 152 Å². The molecule has 2 amide bonds. The van der Waals surface area contributed by atoms with Crippen molar-refractivity contribution in [1.82, 2.24) is 4.90 Å². The largest absolute Gasteiger partial charge is 0.491 e. The second kappa shape index (κ2) is 7.97. The zero-order valence-corrected chi connectivity index (χ0v) is 14.8. The summed E-state index contributed by atoms with van der Waals surface area (Å²) in [6, 6.07) is 12.4. The zero-order valence-electron chi connectivity index (χ0n) is 14.8. The van der Waals surface area contributed by atoms with Gasteiger partial charge >= 0.3 is 6.03 Å². The molecule has 26 heavy (non-hydrogen) atoms. The molecule has 3 rings (SSSR count). The lowest BCUT2D eigenvalue weighted by atomic mass is 10.2. The maximum atomic E-state index is 12.2. The number of nitrogens with zero attached hydrogens (tertiary/aromatic N) is 1. The summed E-state index contributed by atoms with van der Waals surface area (Å²) in [6.45, 7) is 2.38. The number of aryl methyl sites for hydroxylation is 1. The Kier molecular flexibility index (Phi) is 5.48. The van der Waals surface area contributed by atoms with Gasteiger partial charge in [-0.1, -0.05) is 17.7 Å². The fourth-order valence-corrected chi connectivity index (χ4v) is 2.47. The van der Waals surface area contributed by atoms with Crippen LogP contribution in [-0.2, 0) is 0 Å². The second-order valence-electron chi connectivity index (χ2n) is 6.16. The molecule has 1 aliphatic heterocycles. The number of fused-ring (bicyclic) bond motifs is 1. The summed E-state index contributed by atoms with van der Waals surface area (Å²) in [5.41, 5.74) is 1.82. The molecule has 1 heterocycles. The Morgan fingerprint density at radius 2 is 1.96 bits per heavy atom. The number of carbonyl (C=O) groups is 1. The SMILES string of the molecule is Cc1ccc(NC(=O)N(C)C[C@@H](O)COc2ccc3c(c2)OCO3)cc1. The van der Waals surface area contributed by atoms with Crippen molar-refractivity contribution >= 4 is 11.7 Å². The molecule has 0 bridgehead atoms. The van der Waals surface area contributed by atoms with Gasteiger partial charge in [-0.15, -0.1) is 0 Å². The van der Waals surface area contributed by atoms with Crippen molar-refractivity contribution in [2.75, 3.05) is 32.3 Å². The minimum atomic E-state index is -0.825. The fourth-order valence-electron chi connectivity index (χ4n) is 2.47. The third-order valence-electron chi connectivity index (χ3n) is 3.92. The topological polar surface area (TPSA) is 80.3 Å². The second-order valence-corrected chi connectivity index (χ2v) is 6.16. The molecular formula is C19H22N2O5. The quantitative estimate of drug-likeness (QED) is 0.830. The third kappa shape index (κ3) is 4.58. The summed E-state index contributed by atoms with van der Waals surface area (Å²) in [5, 5.41) is 12.9. The van der Waals surface area contributed by atoms with Crippen molar-refractivity contribution in [1.29, 1.82) is 0 Å². The summed E-state index contributed by atoms with van der Waals surface area (Å²) in [4.78, 5) is 13.6. The lowest BCUT2D eigenvalue weighted by Gasteiger charge is -2.21. The number of likely N-dealkylation sites (N-methyl/N-ethyl adjacent to an activating group) is 1. The number of hydrogen-bond acceptors (Lipinski definition) is 5. The van der Waals surface area contributed by atoms with E-state index in [4.69, 9.17) is 14.2 Å². The van der Waals surface area contributed by atoms with Crippen molar-refractivity contribution < 1.29 is 24.1 Å². The number of carbonyl (C=O) groups excluding carboxylic acids is 1. The van der Waals surface area contributed by atoms with Crippen LogP contribution in [0.4, 0.5) is 10.5 Å². The molecule has 138 valence electrons. The Morgan fingerprint density at radius 3 is 2.73 bits per heavy atom. The van der Waals surface area contributed by atoms with Crippen LogP contribution in [0.15, 0.2) is 42.5 Å². The Hall–Kier alpha value is -2.93. The van der Waals surface area contributed by atoms with E-state index < -0.39 is 6.10 Å². The number of rotatable bonds is 6. The van der Waals surface area contributed by atoms with Crippen LogP contribution in [0.5, 0.6) is 17.2 Å². The molecule has 0 aliphatic carbocycles. The molecule has 0 fully saturated rings. The highest BCUT2D eigenvalue weighted by molar-refractivity contribution is 5.89. The van der Waals surface area contributed by atoms with E-state index in [0.717, 1.165) is 5.56 Å². The predicted octanol–water partition coefficient (Wildman–Crippen LogP) is 2.63. The van der Waals surface area contributed by atoms with Crippen molar-refractivity contribution in [2.24, 2.45) is 0 Å². The maximum Gasteiger partial charge on any atom is 0.321 e. The first kappa shape index (κ1) is 17.9. The first-order valence-corrected chi connectivity index (χ1v) is 8.30. The standard InChI is InChI=1S/C19H22N2O5/c1-13-3-5-14(6-4-13)20-19(23)21(2)10-15(22)11-24-16-7-8-17-18(9-16)26-12-25-17/h3-9,15,22H,10-12H2,1-2H3,(H,20,23)/t15-/m1/s1. The molecule has 7 nitrogen and oxygen atoms in total. The smallest absolute Gasteiger partial charge is 0.321 e. The molecule has 2 N–H and O–H groups in total. The predicted molar refractivity (Wildman–Crippen MR) is 96.9 cm³/mol. The van der Waals surface area contributed by atoms with Gasteiger partial charge in [0.1, 0.15) is 18.5 Å². The normalized spacial score (nSPS) is 13.2. The molecule has 2 aromatic rings. The molecule has 0 saturated heterocycles. The number of nitrogens with one attached hydrogen (secondary N) is 1. The summed E-state index contributed by atoms with van der Waals surface area (Å²) < 4.78 is 16.1. The van der Waals surface area contributed by atoms with Crippen LogP contribution in [0.2, 0.25) is 0 Å². The lowest BCUT2D eigenvalue weighted by Crippen LogP contribution is -2.39. The van der Waals surface area contributed by atoms with Crippen LogP contribution in [0.25, 0.3) is 0 Å². The van der Waals surface area contributed by atoms with E-state index in [2.05, 4.69) is 5.32 Å². The monoisotopic (exact) mass is 358 g/mol. The summed E-state index contributed by atoms with van der Waals surface area (Å²) in [7, 11) is 1.62. The minimum absolute atomic E-state index is 0.0573. The molecule has 0 saturated carbocycles. The number of benzene rings is 2. The summed E-state index contributed by atoms with van der Waals surface area (Å²) >= 11 is 0.